The summed E-state index contributed by atoms with van der Waals surface area (Å²) < 4.78 is 6.53. The van der Waals surface area contributed by atoms with Crippen LogP contribution in [-0.4, -0.2) is 61.3 Å². The van der Waals surface area contributed by atoms with Crippen molar-refractivity contribution < 1.29 is 19.1 Å². The number of amides is 2. The fraction of sp³-hybridized carbons (Fsp3) is 0.424. The van der Waals surface area contributed by atoms with Crippen molar-refractivity contribution in [3.8, 4) is 5.75 Å². The van der Waals surface area contributed by atoms with Crippen molar-refractivity contribution in [2.45, 2.75) is 69.8 Å². The third kappa shape index (κ3) is 5.84. The second kappa shape index (κ2) is 12.3. The van der Waals surface area contributed by atoms with Crippen LogP contribution in [0.4, 0.5) is 5.69 Å². The van der Waals surface area contributed by atoms with Crippen LogP contribution in [0.5, 0.6) is 5.75 Å². The summed E-state index contributed by atoms with van der Waals surface area (Å²) >= 11 is 1.23. The Hall–Kier alpha value is -3.77. The van der Waals surface area contributed by atoms with E-state index in [-0.39, 0.29) is 30.0 Å². The summed E-state index contributed by atoms with van der Waals surface area (Å²) in [6.07, 6.45) is 5.44. The fourth-order valence-corrected chi connectivity index (χ4v) is 7.57. The van der Waals surface area contributed by atoms with Gasteiger partial charge >= 0.3 is 0 Å². The quantitative estimate of drug-likeness (QED) is 0.180. The summed E-state index contributed by atoms with van der Waals surface area (Å²) in [5.74, 6) is -0.166. The van der Waals surface area contributed by atoms with Crippen LogP contribution >= 0.6 is 11.3 Å². The maximum atomic E-state index is 14.1. The Bertz CT molecular complexity index is 1650. The largest absolute Gasteiger partial charge is 0.491 e. The molecule has 10 nitrogen and oxygen atoms in total. The zero-order valence-corrected chi connectivity index (χ0v) is 26.7. The summed E-state index contributed by atoms with van der Waals surface area (Å²) in [7, 11) is 3.87. The molecule has 1 fully saturated rings. The first-order chi connectivity index (χ1) is 20.8. The van der Waals surface area contributed by atoms with Gasteiger partial charge < -0.3 is 37.5 Å². The number of aryl methyl sites for hydroxylation is 1. The Morgan fingerprint density at radius 2 is 1.82 bits per heavy atom. The second-order valence-electron chi connectivity index (χ2n) is 12.4. The molecule has 0 spiro atoms. The van der Waals surface area contributed by atoms with Crippen molar-refractivity contribution >= 4 is 44.7 Å². The molecular formula is C33H42N6O4S. The number of likely N-dealkylation sites (N-methyl/N-ethyl adjacent to an activating group) is 1. The van der Waals surface area contributed by atoms with E-state index < -0.39 is 17.4 Å². The lowest BCUT2D eigenvalue weighted by Gasteiger charge is -2.37. The molecule has 2 aliphatic carbocycles. The molecule has 4 atom stereocenters. The topological polar surface area (TPSA) is 166 Å². The average molecular weight is 619 g/mol. The number of nitrogens with two attached hydrogens (primary N) is 3. The van der Waals surface area contributed by atoms with E-state index in [1.54, 1.807) is 18.2 Å². The molecule has 0 bridgehead atoms. The molecule has 8 N–H and O–H groups in total. The Labute approximate surface area is 262 Å². The van der Waals surface area contributed by atoms with Crippen LogP contribution in [0.25, 0.3) is 10.1 Å². The monoisotopic (exact) mass is 618 g/mol. The first-order valence-electron chi connectivity index (χ1n) is 15.0. The number of rotatable bonds is 9. The number of ether oxygens (including phenoxy) is 1. The average Bonchev–Trinajstić information content (AvgIpc) is 3.56. The van der Waals surface area contributed by atoms with E-state index >= 15 is 0 Å². The predicted molar refractivity (Wildman–Crippen MR) is 175 cm³/mol. The number of benzene rings is 2. The number of Topliss-reactive ketones (excluding diaryl/α,β-unsaturated/α-hetero) is 1. The van der Waals surface area contributed by atoms with Gasteiger partial charge in [-0.2, -0.15) is 0 Å². The van der Waals surface area contributed by atoms with E-state index in [0.717, 1.165) is 18.4 Å². The number of hydrogen-bond acceptors (Lipinski definition) is 9. The molecule has 2 aromatic carbocycles. The van der Waals surface area contributed by atoms with Crippen molar-refractivity contribution in [3.05, 3.63) is 69.6 Å². The van der Waals surface area contributed by atoms with Crippen molar-refractivity contribution in [3.63, 3.8) is 0 Å². The standard InChI is InChI=1S/C33H42N6O4S/c1-17(2)43-21-10-11-22(18(3)15-21)33(36)23-12-13-24(34)29-26(23)27(28(35)31(33)41)30(44-29)32(42)38-20-9-8-19(16-20)37-25(40)7-6-14-39(4)5/h6-7,10-13,15,17,19-20,28H,8-9,14,16,34-36H2,1-5H3,(H,37,40)(H,38,42)/b7-6+/t19-,20+,28?,33?/m1/s1. The van der Waals surface area contributed by atoms with Gasteiger partial charge in [-0.25, -0.2) is 0 Å². The lowest BCUT2D eigenvalue weighted by molar-refractivity contribution is -0.124. The van der Waals surface area contributed by atoms with Crippen molar-refractivity contribution in [2.24, 2.45) is 11.5 Å². The molecule has 1 aromatic heterocycles. The second-order valence-corrected chi connectivity index (χ2v) is 13.4. The number of carbonyl (C=O) groups excluding carboxylic acids is 3. The number of carbonyl (C=O) groups is 3. The minimum absolute atomic E-state index is 0.00410. The van der Waals surface area contributed by atoms with Crippen LogP contribution in [0.3, 0.4) is 0 Å². The number of thiophene rings is 1. The number of ketones is 1. The van der Waals surface area contributed by atoms with E-state index in [1.807, 2.05) is 64.0 Å². The first kappa shape index (κ1) is 31.6. The molecule has 234 valence electrons. The molecule has 3 aromatic rings. The molecule has 1 saturated carbocycles. The van der Waals surface area contributed by atoms with E-state index in [2.05, 4.69) is 10.6 Å². The van der Waals surface area contributed by atoms with Gasteiger partial charge in [0.1, 0.15) is 11.3 Å². The van der Waals surface area contributed by atoms with E-state index in [9.17, 15) is 14.4 Å². The maximum absolute atomic E-state index is 14.1. The molecule has 1 heterocycles. The van der Waals surface area contributed by atoms with Crippen molar-refractivity contribution in [1.82, 2.24) is 15.5 Å². The van der Waals surface area contributed by atoms with Gasteiger partial charge in [0.05, 0.1) is 21.7 Å². The van der Waals surface area contributed by atoms with Gasteiger partial charge in [-0.15, -0.1) is 11.3 Å². The normalized spacial score (nSPS) is 23.2. The van der Waals surface area contributed by atoms with Gasteiger partial charge in [-0.1, -0.05) is 18.2 Å². The first-order valence-corrected chi connectivity index (χ1v) is 15.8. The molecule has 2 unspecified atom stereocenters. The third-order valence-corrected chi connectivity index (χ3v) is 9.62. The predicted octanol–water partition coefficient (Wildman–Crippen LogP) is 3.25. The zero-order chi connectivity index (χ0) is 31.9. The summed E-state index contributed by atoms with van der Waals surface area (Å²) in [6.45, 7) is 6.46. The molecule has 11 heteroatoms. The third-order valence-electron chi connectivity index (χ3n) is 8.37. The Morgan fingerprint density at radius 3 is 2.48 bits per heavy atom. The van der Waals surface area contributed by atoms with Crippen molar-refractivity contribution in [1.29, 1.82) is 0 Å². The number of nitrogens with one attached hydrogen (secondary N) is 2. The van der Waals surface area contributed by atoms with Gasteiger partial charge in [0.15, 0.2) is 5.78 Å². The summed E-state index contributed by atoms with van der Waals surface area (Å²) in [4.78, 5) is 42.5. The highest BCUT2D eigenvalue weighted by Gasteiger charge is 2.49. The van der Waals surface area contributed by atoms with Crippen LogP contribution in [-0.2, 0) is 15.1 Å². The lowest BCUT2D eigenvalue weighted by Crippen LogP contribution is -2.53. The van der Waals surface area contributed by atoms with Crippen LogP contribution in [0.1, 0.15) is 71.1 Å². The van der Waals surface area contributed by atoms with Crippen LogP contribution in [0, 0.1) is 6.92 Å². The van der Waals surface area contributed by atoms with Gasteiger partial charge in [-0.3, -0.25) is 14.4 Å². The molecular weight excluding hydrogens is 576 g/mol. The minimum atomic E-state index is -1.54. The Balaban J connectivity index is 1.43. The Morgan fingerprint density at radius 1 is 1.14 bits per heavy atom. The van der Waals surface area contributed by atoms with Crippen LogP contribution in [0.2, 0.25) is 0 Å². The van der Waals surface area contributed by atoms with Crippen LogP contribution < -0.4 is 32.6 Å². The minimum Gasteiger partial charge on any atom is -0.491 e. The maximum Gasteiger partial charge on any atom is 0.261 e. The SMILES string of the molecule is Cc1cc(OC(C)C)ccc1C1(N)C(=O)C(N)c2c(C(=O)N[C@H]3CC[C@@H](NC(=O)/C=C/CN(C)C)C3)sc3c(N)ccc1c23. The van der Waals surface area contributed by atoms with E-state index in [0.29, 0.717) is 56.1 Å². The zero-order valence-electron chi connectivity index (χ0n) is 25.9. The molecule has 44 heavy (non-hydrogen) atoms. The van der Waals surface area contributed by atoms with Crippen molar-refractivity contribution in [2.75, 3.05) is 26.4 Å². The summed E-state index contributed by atoms with van der Waals surface area (Å²) in [5, 5.41) is 6.80. The molecule has 0 saturated heterocycles. The number of nitrogens with zero attached hydrogens (tertiary/aromatic N) is 1. The van der Waals surface area contributed by atoms with E-state index in [1.165, 1.54) is 11.3 Å². The van der Waals surface area contributed by atoms with E-state index in [4.69, 9.17) is 21.9 Å². The lowest BCUT2D eigenvalue weighted by atomic mass is 9.69. The highest BCUT2D eigenvalue weighted by atomic mass is 32.1. The number of hydrogen-bond donors (Lipinski definition) is 5. The number of anilines is 1. The van der Waals surface area contributed by atoms with Crippen LogP contribution in [0.15, 0.2) is 42.5 Å². The van der Waals surface area contributed by atoms with Gasteiger partial charge in [0.2, 0.25) is 5.91 Å². The highest BCUT2D eigenvalue weighted by molar-refractivity contribution is 7.21. The highest BCUT2D eigenvalue weighted by Crippen LogP contribution is 2.50. The molecule has 0 radical (unpaired) electrons. The fourth-order valence-electron chi connectivity index (χ4n) is 6.37. The molecule has 0 aliphatic heterocycles. The smallest absolute Gasteiger partial charge is 0.261 e. The molecule has 2 aliphatic rings. The number of nitrogen functional groups attached to an aromatic ring is 1. The summed E-state index contributed by atoms with van der Waals surface area (Å²) in [5.41, 5.74) is 21.5. The van der Waals surface area contributed by atoms with Gasteiger partial charge in [0.25, 0.3) is 5.91 Å². The van der Waals surface area contributed by atoms with Gasteiger partial charge in [0, 0.05) is 41.3 Å². The molecule has 5 rings (SSSR count). The Kier molecular flexibility index (Phi) is 8.86. The van der Waals surface area contributed by atoms with Gasteiger partial charge in [-0.05, 0) is 89.0 Å². The summed E-state index contributed by atoms with van der Waals surface area (Å²) in [6, 6.07) is 7.70. The molecule has 2 amide bonds.